The summed E-state index contributed by atoms with van der Waals surface area (Å²) in [6, 6.07) is 0. The van der Waals surface area contributed by atoms with Crippen LogP contribution >= 0.6 is 0 Å². The molecule has 0 heterocycles. The summed E-state index contributed by atoms with van der Waals surface area (Å²) < 4.78 is 9.80. The Morgan fingerprint density at radius 3 is 2.20 bits per heavy atom. The molecule has 0 saturated heterocycles. The quantitative estimate of drug-likeness (QED) is 0.311. The highest BCUT2D eigenvalue weighted by Gasteiger charge is 1.97. The third-order valence-corrected chi connectivity index (χ3v) is 2.84. The fourth-order valence-electron chi connectivity index (χ4n) is 1.73. The van der Waals surface area contributed by atoms with Crippen molar-refractivity contribution in [2.24, 2.45) is 0 Å². The van der Waals surface area contributed by atoms with Crippen LogP contribution in [0.25, 0.3) is 0 Å². The Bertz CT molecular complexity index is 284. The Morgan fingerprint density at radius 2 is 1.55 bits per heavy atom. The first kappa shape index (κ1) is 18.7. The van der Waals surface area contributed by atoms with Crippen LogP contribution < -0.4 is 0 Å². The maximum Gasteiger partial charge on any atom is 0.330 e. The first-order valence-electron chi connectivity index (χ1n) is 7.63. The largest absolute Gasteiger partial charge is 0.466 e. The molecule has 0 radical (unpaired) electrons. The molecule has 0 amide bonds. The molecule has 0 fully saturated rings. The molecule has 0 rings (SSSR count). The van der Waals surface area contributed by atoms with Gasteiger partial charge in [0.15, 0.2) is 0 Å². The molecule has 0 unspecified atom stereocenters. The molecule has 0 N–H and O–H groups in total. The number of esters is 2. The molecule has 20 heavy (non-hydrogen) atoms. The highest BCUT2D eigenvalue weighted by atomic mass is 16.5. The molecule has 0 aliphatic rings. The van der Waals surface area contributed by atoms with Gasteiger partial charge in [0, 0.05) is 19.4 Å². The van der Waals surface area contributed by atoms with E-state index in [9.17, 15) is 9.59 Å². The zero-order valence-corrected chi connectivity index (χ0v) is 12.9. The maximum atomic E-state index is 11.3. The lowest BCUT2D eigenvalue weighted by Gasteiger charge is -2.02. The molecule has 0 bridgehead atoms. The zero-order chi connectivity index (χ0) is 15.1. The monoisotopic (exact) mass is 284 g/mol. The van der Waals surface area contributed by atoms with Crippen molar-refractivity contribution in [1.29, 1.82) is 0 Å². The van der Waals surface area contributed by atoms with E-state index in [0.29, 0.717) is 19.6 Å². The molecule has 0 aliphatic heterocycles. The third kappa shape index (κ3) is 14.7. The number of hydrogen-bond acceptors (Lipinski definition) is 4. The van der Waals surface area contributed by atoms with Crippen LogP contribution in [0.4, 0.5) is 0 Å². The molecule has 0 atom stereocenters. The summed E-state index contributed by atoms with van der Waals surface area (Å²) in [5.41, 5.74) is 0. The van der Waals surface area contributed by atoms with Gasteiger partial charge in [-0.1, -0.05) is 51.5 Å². The van der Waals surface area contributed by atoms with E-state index in [2.05, 4.69) is 6.92 Å². The van der Waals surface area contributed by atoms with Crippen LogP contribution in [0.3, 0.4) is 0 Å². The van der Waals surface area contributed by atoms with Gasteiger partial charge in [-0.3, -0.25) is 4.79 Å². The minimum atomic E-state index is -0.321. The Hall–Kier alpha value is -1.32. The smallest absolute Gasteiger partial charge is 0.330 e. The van der Waals surface area contributed by atoms with Gasteiger partial charge in [0.25, 0.3) is 0 Å². The van der Waals surface area contributed by atoms with E-state index in [1.807, 2.05) is 0 Å². The fraction of sp³-hybridized carbons (Fsp3) is 0.750. The lowest BCUT2D eigenvalue weighted by Crippen LogP contribution is -2.03. The predicted molar refractivity (Wildman–Crippen MR) is 79.3 cm³/mol. The molecule has 0 aliphatic carbocycles. The van der Waals surface area contributed by atoms with E-state index in [0.717, 1.165) is 12.8 Å². The van der Waals surface area contributed by atoms with Crippen LogP contribution in [-0.2, 0) is 19.1 Å². The van der Waals surface area contributed by atoms with Gasteiger partial charge >= 0.3 is 11.9 Å². The van der Waals surface area contributed by atoms with Crippen molar-refractivity contribution >= 4 is 11.9 Å². The molecule has 0 spiro atoms. The number of hydrogen-bond donors (Lipinski definition) is 0. The standard InChI is InChI=1S/C16H28O4/c1-3-4-5-6-7-8-10-14-20-16(18)12-9-11-13-19-15(2)17/h9,12H,3-8,10-11,13-14H2,1-2H3. The first-order valence-corrected chi connectivity index (χ1v) is 7.63. The average Bonchev–Trinajstić information content (AvgIpc) is 2.41. The topological polar surface area (TPSA) is 52.6 Å². The van der Waals surface area contributed by atoms with E-state index >= 15 is 0 Å². The molecule has 0 aromatic rings. The van der Waals surface area contributed by atoms with Crippen molar-refractivity contribution in [2.75, 3.05) is 13.2 Å². The Morgan fingerprint density at radius 1 is 0.900 bits per heavy atom. The maximum absolute atomic E-state index is 11.3. The minimum absolute atomic E-state index is 0.302. The number of carbonyl (C=O) groups excluding carboxylic acids is 2. The van der Waals surface area contributed by atoms with E-state index in [-0.39, 0.29) is 11.9 Å². The van der Waals surface area contributed by atoms with Gasteiger partial charge in [0.1, 0.15) is 0 Å². The second-order valence-electron chi connectivity index (χ2n) is 4.82. The predicted octanol–water partition coefficient (Wildman–Crippen LogP) is 3.79. The number of ether oxygens (including phenoxy) is 2. The molecule has 4 heteroatoms. The summed E-state index contributed by atoms with van der Waals surface area (Å²) in [6.07, 6.45) is 12.0. The van der Waals surface area contributed by atoms with Gasteiger partial charge in [-0.2, -0.15) is 0 Å². The Kier molecular flexibility index (Phi) is 13.2. The summed E-state index contributed by atoms with van der Waals surface area (Å²) in [5, 5.41) is 0. The second kappa shape index (κ2) is 14.1. The summed E-state index contributed by atoms with van der Waals surface area (Å²) in [5.74, 6) is -0.626. The van der Waals surface area contributed by atoms with Crippen LogP contribution in [0.15, 0.2) is 12.2 Å². The molecule has 4 nitrogen and oxygen atoms in total. The van der Waals surface area contributed by atoms with Crippen LogP contribution in [0.1, 0.15) is 65.2 Å². The number of rotatable bonds is 12. The van der Waals surface area contributed by atoms with Crippen LogP contribution in [-0.4, -0.2) is 25.2 Å². The molecule has 0 saturated carbocycles. The van der Waals surface area contributed by atoms with Crippen molar-refractivity contribution < 1.29 is 19.1 Å². The summed E-state index contributed by atoms with van der Waals surface area (Å²) in [7, 11) is 0. The fourth-order valence-corrected chi connectivity index (χ4v) is 1.73. The van der Waals surface area contributed by atoms with Crippen LogP contribution in [0, 0.1) is 0 Å². The minimum Gasteiger partial charge on any atom is -0.466 e. The normalized spacial score (nSPS) is 10.7. The van der Waals surface area contributed by atoms with Gasteiger partial charge in [-0.25, -0.2) is 4.79 Å². The van der Waals surface area contributed by atoms with Crippen molar-refractivity contribution in [3.05, 3.63) is 12.2 Å². The lowest BCUT2D eigenvalue weighted by molar-refractivity contribution is -0.140. The molecule has 0 aromatic heterocycles. The third-order valence-electron chi connectivity index (χ3n) is 2.84. The van der Waals surface area contributed by atoms with E-state index in [1.54, 1.807) is 6.08 Å². The van der Waals surface area contributed by atoms with E-state index in [1.165, 1.54) is 45.1 Å². The van der Waals surface area contributed by atoms with E-state index in [4.69, 9.17) is 9.47 Å². The molecule has 116 valence electrons. The van der Waals surface area contributed by atoms with Gasteiger partial charge in [0.2, 0.25) is 0 Å². The second-order valence-corrected chi connectivity index (χ2v) is 4.82. The number of carbonyl (C=O) groups is 2. The first-order chi connectivity index (χ1) is 9.66. The lowest BCUT2D eigenvalue weighted by atomic mass is 10.1. The zero-order valence-electron chi connectivity index (χ0n) is 12.9. The van der Waals surface area contributed by atoms with Gasteiger partial charge in [-0.05, 0) is 6.42 Å². The number of unbranched alkanes of at least 4 members (excludes halogenated alkanes) is 6. The SMILES string of the molecule is CCCCCCCCCOC(=O)C=CCCOC(C)=O. The van der Waals surface area contributed by atoms with Crippen molar-refractivity contribution in [3.63, 3.8) is 0 Å². The van der Waals surface area contributed by atoms with Gasteiger partial charge in [0.05, 0.1) is 13.2 Å². The average molecular weight is 284 g/mol. The van der Waals surface area contributed by atoms with Crippen molar-refractivity contribution in [1.82, 2.24) is 0 Å². The molecular weight excluding hydrogens is 256 g/mol. The summed E-state index contributed by atoms with van der Waals surface area (Å²) in [6.45, 7) is 4.36. The summed E-state index contributed by atoms with van der Waals surface area (Å²) >= 11 is 0. The van der Waals surface area contributed by atoms with E-state index < -0.39 is 0 Å². The Balaban J connectivity index is 3.31. The summed E-state index contributed by atoms with van der Waals surface area (Å²) in [4.78, 5) is 21.8. The van der Waals surface area contributed by atoms with Crippen LogP contribution in [0.5, 0.6) is 0 Å². The highest BCUT2D eigenvalue weighted by Crippen LogP contribution is 2.06. The van der Waals surface area contributed by atoms with Gasteiger partial charge in [-0.15, -0.1) is 0 Å². The van der Waals surface area contributed by atoms with Gasteiger partial charge < -0.3 is 9.47 Å². The molecule has 0 aromatic carbocycles. The van der Waals surface area contributed by atoms with Crippen molar-refractivity contribution in [3.8, 4) is 0 Å². The molecular formula is C16H28O4. The highest BCUT2D eigenvalue weighted by molar-refractivity contribution is 5.81. The van der Waals surface area contributed by atoms with Crippen molar-refractivity contribution in [2.45, 2.75) is 65.2 Å². The Labute approximate surface area is 122 Å². The van der Waals surface area contributed by atoms with Crippen LogP contribution in [0.2, 0.25) is 0 Å².